The molecule has 0 fully saturated rings. The fraction of sp³-hybridized carbons (Fsp3) is 0.364. The molecule has 19 heavy (non-hydrogen) atoms. The van der Waals surface area contributed by atoms with Crippen molar-refractivity contribution in [2.45, 2.75) is 18.2 Å². The van der Waals surface area contributed by atoms with Gasteiger partial charge in [0.25, 0.3) is 0 Å². The molecular weight excluding hydrogens is 268 g/mol. The zero-order chi connectivity index (χ0) is 14.5. The SMILES string of the molecule is CCCNC(=O)CNc1cc(S(N)(=O)=O)ccc1N. The van der Waals surface area contributed by atoms with Crippen molar-refractivity contribution in [1.82, 2.24) is 5.32 Å². The molecule has 0 aliphatic heterocycles. The van der Waals surface area contributed by atoms with Gasteiger partial charge in [-0.15, -0.1) is 0 Å². The first kappa shape index (κ1) is 15.3. The first-order chi connectivity index (χ1) is 8.84. The Bertz CT molecular complexity index is 557. The van der Waals surface area contributed by atoms with Crippen LogP contribution in [0, 0.1) is 0 Å². The van der Waals surface area contributed by atoms with Crippen LogP contribution < -0.4 is 21.5 Å². The van der Waals surface area contributed by atoms with Crippen LogP contribution >= 0.6 is 0 Å². The van der Waals surface area contributed by atoms with Gasteiger partial charge < -0.3 is 16.4 Å². The average molecular weight is 286 g/mol. The van der Waals surface area contributed by atoms with E-state index in [2.05, 4.69) is 10.6 Å². The smallest absolute Gasteiger partial charge is 0.239 e. The highest BCUT2D eigenvalue weighted by molar-refractivity contribution is 7.89. The number of hydrogen-bond donors (Lipinski definition) is 4. The van der Waals surface area contributed by atoms with Gasteiger partial charge in [0.05, 0.1) is 22.8 Å². The lowest BCUT2D eigenvalue weighted by molar-refractivity contribution is -0.119. The summed E-state index contributed by atoms with van der Waals surface area (Å²) in [6.45, 7) is 2.55. The Morgan fingerprint density at radius 2 is 2.05 bits per heavy atom. The highest BCUT2D eigenvalue weighted by Gasteiger charge is 2.10. The standard InChI is InChI=1S/C11H18N4O3S/c1-2-5-14-11(16)7-15-10-6-8(19(13,17)18)3-4-9(10)12/h3-4,6,15H,2,5,7,12H2,1H3,(H,14,16)(H2,13,17,18). The molecule has 6 N–H and O–H groups in total. The van der Waals surface area contributed by atoms with Crippen LogP contribution in [0.1, 0.15) is 13.3 Å². The van der Waals surface area contributed by atoms with Gasteiger partial charge in [0.1, 0.15) is 0 Å². The van der Waals surface area contributed by atoms with Gasteiger partial charge in [-0.2, -0.15) is 0 Å². The molecule has 1 rings (SSSR count). The highest BCUT2D eigenvalue weighted by atomic mass is 32.2. The molecular formula is C11H18N4O3S. The monoisotopic (exact) mass is 286 g/mol. The van der Waals surface area contributed by atoms with E-state index in [1.165, 1.54) is 18.2 Å². The molecule has 1 aromatic carbocycles. The quantitative estimate of drug-likeness (QED) is 0.541. The summed E-state index contributed by atoms with van der Waals surface area (Å²) in [7, 11) is -3.79. The molecule has 0 spiro atoms. The molecule has 106 valence electrons. The number of amides is 1. The van der Waals surface area contributed by atoms with Crippen molar-refractivity contribution in [1.29, 1.82) is 0 Å². The third-order valence-corrected chi connectivity index (χ3v) is 3.28. The van der Waals surface area contributed by atoms with Crippen molar-refractivity contribution >= 4 is 27.3 Å². The second-order valence-corrected chi connectivity index (χ2v) is 5.56. The zero-order valence-corrected chi connectivity index (χ0v) is 11.5. The molecule has 0 heterocycles. The minimum Gasteiger partial charge on any atom is -0.397 e. The van der Waals surface area contributed by atoms with Crippen LogP contribution in [0.25, 0.3) is 0 Å². The summed E-state index contributed by atoms with van der Waals surface area (Å²) in [6.07, 6.45) is 0.842. The molecule has 0 radical (unpaired) electrons. The van der Waals surface area contributed by atoms with Crippen LogP contribution in [0.2, 0.25) is 0 Å². The molecule has 1 amide bonds. The fourth-order valence-corrected chi connectivity index (χ4v) is 1.91. The van der Waals surface area contributed by atoms with Gasteiger partial charge in [0, 0.05) is 6.54 Å². The fourth-order valence-electron chi connectivity index (χ4n) is 1.37. The summed E-state index contributed by atoms with van der Waals surface area (Å²) in [4.78, 5) is 11.4. The number of carbonyl (C=O) groups excluding carboxylic acids is 1. The Labute approximate surface area is 112 Å². The molecule has 0 saturated carbocycles. The number of rotatable bonds is 6. The van der Waals surface area contributed by atoms with Gasteiger partial charge in [-0.1, -0.05) is 6.92 Å². The van der Waals surface area contributed by atoms with E-state index in [1.54, 1.807) is 0 Å². The molecule has 0 aliphatic rings. The number of anilines is 2. The minimum absolute atomic E-state index is 0.0122. The maximum Gasteiger partial charge on any atom is 0.239 e. The molecule has 0 aliphatic carbocycles. The second-order valence-electron chi connectivity index (χ2n) is 4.00. The molecule has 0 unspecified atom stereocenters. The van der Waals surface area contributed by atoms with Crippen molar-refractivity contribution in [3.8, 4) is 0 Å². The van der Waals surface area contributed by atoms with E-state index < -0.39 is 10.0 Å². The van der Waals surface area contributed by atoms with Crippen LogP contribution in [0.5, 0.6) is 0 Å². The predicted molar refractivity (Wildman–Crippen MR) is 74.0 cm³/mol. The van der Waals surface area contributed by atoms with Crippen LogP contribution in [0.15, 0.2) is 23.1 Å². The number of hydrogen-bond acceptors (Lipinski definition) is 5. The number of nitrogens with two attached hydrogens (primary N) is 2. The topological polar surface area (TPSA) is 127 Å². The van der Waals surface area contributed by atoms with Crippen molar-refractivity contribution in [2.24, 2.45) is 5.14 Å². The van der Waals surface area contributed by atoms with Gasteiger partial charge in [-0.3, -0.25) is 4.79 Å². The number of primary sulfonamides is 1. The van der Waals surface area contributed by atoms with E-state index in [-0.39, 0.29) is 17.3 Å². The number of benzene rings is 1. The number of nitrogens with one attached hydrogen (secondary N) is 2. The second kappa shape index (κ2) is 6.39. The zero-order valence-electron chi connectivity index (χ0n) is 10.6. The lowest BCUT2D eigenvalue weighted by atomic mass is 10.2. The van der Waals surface area contributed by atoms with Gasteiger partial charge in [0.15, 0.2) is 0 Å². The molecule has 0 bridgehead atoms. The third-order valence-electron chi connectivity index (χ3n) is 2.36. The highest BCUT2D eigenvalue weighted by Crippen LogP contribution is 2.21. The van der Waals surface area contributed by atoms with E-state index in [0.717, 1.165) is 6.42 Å². The van der Waals surface area contributed by atoms with Gasteiger partial charge in [-0.25, -0.2) is 13.6 Å². The maximum absolute atomic E-state index is 11.4. The minimum atomic E-state index is -3.79. The van der Waals surface area contributed by atoms with Crippen molar-refractivity contribution in [3.05, 3.63) is 18.2 Å². The molecule has 0 saturated heterocycles. The largest absolute Gasteiger partial charge is 0.397 e. The molecule has 0 aromatic heterocycles. The van der Waals surface area contributed by atoms with E-state index in [0.29, 0.717) is 17.9 Å². The van der Waals surface area contributed by atoms with Crippen LogP contribution in [-0.4, -0.2) is 27.4 Å². The first-order valence-corrected chi connectivity index (χ1v) is 7.32. The Morgan fingerprint density at radius 3 is 2.63 bits per heavy atom. The predicted octanol–water partition coefficient (Wildman–Crippen LogP) is -0.146. The van der Waals surface area contributed by atoms with Crippen molar-refractivity contribution in [3.63, 3.8) is 0 Å². The number of nitrogen functional groups attached to an aromatic ring is 1. The maximum atomic E-state index is 11.4. The van der Waals surface area contributed by atoms with Gasteiger partial charge in [-0.05, 0) is 24.6 Å². The van der Waals surface area contributed by atoms with Crippen LogP contribution in [0.4, 0.5) is 11.4 Å². The van der Waals surface area contributed by atoms with Crippen molar-refractivity contribution in [2.75, 3.05) is 24.1 Å². The van der Waals surface area contributed by atoms with Crippen LogP contribution in [0.3, 0.4) is 0 Å². The van der Waals surface area contributed by atoms with E-state index >= 15 is 0 Å². The van der Waals surface area contributed by atoms with Gasteiger partial charge in [0.2, 0.25) is 15.9 Å². The van der Waals surface area contributed by atoms with Crippen LogP contribution in [-0.2, 0) is 14.8 Å². The molecule has 0 atom stereocenters. The van der Waals surface area contributed by atoms with Gasteiger partial charge >= 0.3 is 0 Å². The van der Waals surface area contributed by atoms with E-state index in [4.69, 9.17) is 10.9 Å². The Balaban J connectivity index is 2.75. The summed E-state index contributed by atoms with van der Waals surface area (Å²) >= 11 is 0. The summed E-state index contributed by atoms with van der Waals surface area (Å²) in [5.41, 5.74) is 6.39. The lowest BCUT2D eigenvalue weighted by Crippen LogP contribution is -2.30. The summed E-state index contributed by atoms with van der Waals surface area (Å²) in [5, 5.41) is 10.5. The summed E-state index contributed by atoms with van der Waals surface area (Å²) < 4.78 is 22.4. The molecule has 7 nitrogen and oxygen atoms in total. The summed E-state index contributed by atoms with van der Waals surface area (Å²) in [6, 6.07) is 4.04. The third kappa shape index (κ3) is 4.76. The number of sulfonamides is 1. The van der Waals surface area contributed by atoms with E-state index in [1.807, 2.05) is 6.92 Å². The molecule has 1 aromatic rings. The lowest BCUT2D eigenvalue weighted by Gasteiger charge is -2.10. The average Bonchev–Trinajstić information content (AvgIpc) is 2.33. The molecule has 8 heteroatoms. The van der Waals surface area contributed by atoms with Crippen molar-refractivity contribution < 1.29 is 13.2 Å². The first-order valence-electron chi connectivity index (χ1n) is 5.77. The Kier molecular flexibility index (Phi) is 5.13. The Morgan fingerprint density at radius 1 is 1.37 bits per heavy atom. The van der Waals surface area contributed by atoms with E-state index in [9.17, 15) is 13.2 Å². The summed E-state index contributed by atoms with van der Waals surface area (Å²) in [5.74, 6) is -0.192. The number of carbonyl (C=O) groups is 1. The Hall–Kier alpha value is -1.80. The normalized spacial score (nSPS) is 11.1.